The zero-order chi connectivity index (χ0) is 15.3. The summed E-state index contributed by atoms with van der Waals surface area (Å²) in [4.78, 5) is 11.7. The Hall–Kier alpha value is -1.60. The van der Waals surface area contributed by atoms with Gasteiger partial charge in [-0.05, 0) is 37.6 Å². The number of aryl methyl sites for hydroxylation is 1. The average Bonchev–Trinajstić information content (AvgIpc) is 2.40. The van der Waals surface area contributed by atoms with Crippen LogP contribution in [0, 0.1) is 12.8 Å². The lowest BCUT2D eigenvalue weighted by molar-refractivity contribution is -0.119. The SMILES string of the molecule is CCS(=O)(=O)Nc1ccc(NC(=O)C(C)CN)cc1C. The minimum atomic E-state index is -3.30. The van der Waals surface area contributed by atoms with Crippen molar-refractivity contribution in [1.29, 1.82) is 0 Å². The van der Waals surface area contributed by atoms with Crippen LogP contribution < -0.4 is 15.8 Å². The fourth-order valence-electron chi connectivity index (χ4n) is 1.47. The molecule has 0 aromatic heterocycles. The molecule has 7 heteroatoms. The third-order valence-corrected chi connectivity index (χ3v) is 4.23. The number of anilines is 2. The molecule has 6 nitrogen and oxygen atoms in total. The molecule has 20 heavy (non-hydrogen) atoms. The van der Waals surface area contributed by atoms with E-state index in [-0.39, 0.29) is 24.1 Å². The molecule has 0 bridgehead atoms. The summed E-state index contributed by atoms with van der Waals surface area (Å²) in [6.45, 7) is 5.36. The third-order valence-electron chi connectivity index (χ3n) is 2.94. The highest BCUT2D eigenvalue weighted by atomic mass is 32.2. The van der Waals surface area contributed by atoms with E-state index in [4.69, 9.17) is 5.73 Å². The summed E-state index contributed by atoms with van der Waals surface area (Å²) in [6, 6.07) is 5.00. The van der Waals surface area contributed by atoms with Crippen LogP contribution in [-0.4, -0.2) is 26.6 Å². The molecule has 1 amide bonds. The summed E-state index contributed by atoms with van der Waals surface area (Å²) in [6.07, 6.45) is 0. The summed E-state index contributed by atoms with van der Waals surface area (Å²) in [5.41, 5.74) is 7.29. The predicted octanol–water partition coefficient (Wildman–Crippen LogP) is 1.29. The molecule has 0 fully saturated rings. The van der Waals surface area contributed by atoms with Crippen LogP contribution in [0.15, 0.2) is 18.2 Å². The minimum absolute atomic E-state index is 0.0128. The van der Waals surface area contributed by atoms with Gasteiger partial charge in [-0.3, -0.25) is 9.52 Å². The van der Waals surface area contributed by atoms with Crippen LogP contribution in [0.1, 0.15) is 19.4 Å². The molecule has 0 aliphatic rings. The van der Waals surface area contributed by atoms with E-state index in [1.54, 1.807) is 39.0 Å². The zero-order valence-electron chi connectivity index (χ0n) is 11.9. The van der Waals surface area contributed by atoms with Crippen LogP contribution in [-0.2, 0) is 14.8 Å². The molecule has 1 aromatic rings. The monoisotopic (exact) mass is 299 g/mol. The van der Waals surface area contributed by atoms with Crippen LogP contribution in [0.3, 0.4) is 0 Å². The van der Waals surface area contributed by atoms with Gasteiger partial charge in [0, 0.05) is 18.2 Å². The minimum Gasteiger partial charge on any atom is -0.330 e. The largest absolute Gasteiger partial charge is 0.330 e. The van der Waals surface area contributed by atoms with Gasteiger partial charge in [-0.1, -0.05) is 6.92 Å². The molecule has 1 atom stereocenters. The molecule has 0 radical (unpaired) electrons. The lowest BCUT2D eigenvalue weighted by Gasteiger charge is -2.13. The van der Waals surface area contributed by atoms with Gasteiger partial charge in [-0.25, -0.2) is 8.42 Å². The second-order valence-corrected chi connectivity index (χ2v) is 6.67. The standard InChI is InChI=1S/C13H21N3O3S/c1-4-20(18,19)16-12-6-5-11(7-9(12)2)15-13(17)10(3)8-14/h5-7,10,16H,4,8,14H2,1-3H3,(H,15,17). The zero-order valence-corrected chi connectivity index (χ0v) is 12.8. The second kappa shape index (κ2) is 6.71. The number of benzene rings is 1. The highest BCUT2D eigenvalue weighted by Crippen LogP contribution is 2.21. The van der Waals surface area contributed by atoms with Gasteiger partial charge in [0.05, 0.1) is 11.4 Å². The first-order valence-corrected chi connectivity index (χ1v) is 8.06. The van der Waals surface area contributed by atoms with Crippen molar-refractivity contribution >= 4 is 27.3 Å². The van der Waals surface area contributed by atoms with E-state index in [2.05, 4.69) is 10.0 Å². The first kappa shape index (κ1) is 16.5. The van der Waals surface area contributed by atoms with Crippen molar-refractivity contribution in [3.8, 4) is 0 Å². The first-order valence-electron chi connectivity index (χ1n) is 6.41. The van der Waals surface area contributed by atoms with Gasteiger partial charge in [-0.2, -0.15) is 0 Å². The van der Waals surface area contributed by atoms with Crippen LogP contribution in [0.25, 0.3) is 0 Å². The van der Waals surface area contributed by atoms with Gasteiger partial charge in [0.2, 0.25) is 15.9 Å². The van der Waals surface area contributed by atoms with Gasteiger partial charge < -0.3 is 11.1 Å². The summed E-state index contributed by atoms with van der Waals surface area (Å²) >= 11 is 0. The number of nitrogens with one attached hydrogen (secondary N) is 2. The number of hydrogen-bond acceptors (Lipinski definition) is 4. The molecule has 0 saturated heterocycles. The van der Waals surface area contributed by atoms with Crippen LogP contribution in [0.5, 0.6) is 0 Å². The number of amides is 1. The van der Waals surface area contributed by atoms with Crippen LogP contribution >= 0.6 is 0 Å². The summed E-state index contributed by atoms with van der Waals surface area (Å²) < 4.78 is 25.5. The topological polar surface area (TPSA) is 101 Å². The maximum absolute atomic E-state index is 11.7. The number of carbonyl (C=O) groups is 1. The lowest BCUT2D eigenvalue weighted by Crippen LogP contribution is -2.26. The van der Waals surface area contributed by atoms with Crippen molar-refractivity contribution in [3.05, 3.63) is 23.8 Å². The number of sulfonamides is 1. The van der Waals surface area contributed by atoms with Gasteiger partial charge in [0.25, 0.3) is 0 Å². The van der Waals surface area contributed by atoms with E-state index in [0.717, 1.165) is 5.56 Å². The Kier molecular flexibility index (Phi) is 5.52. The van der Waals surface area contributed by atoms with Gasteiger partial charge in [0.15, 0.2) is 0 Å². The molecule has 4 N–H and O–H groups in total. The van der Waals surface area contributed by atoms with Crippen molar-refractivity contribution in [1.82, 2.24) is 0 Å². The summed E-state index contributed by atoms with van der Waals surface area (Å²) in [7, 11) is -3.30. The quantitative estimate of drug-likeness (QED) is 0.736. The Morgan fingerprint density at radius 1 is 1.40 bits per heavy atom. The van der Waals surface area contributed by atoms with Crippen molar-refractivity contribution in [2.75, 3.05) is 22.3 Å². The molecule has 0 spiro atoms. The lowest BCUT2D eigenvalue weighted by atomic mass is 10.1. The maximum Gasteiger partial charge on any atom is 0.232 e. The molecular formula is C13H21N3O3S. The number of carbonyl (C=O) groups excluding carboxylic acids is 1. The van der Waals surface area contributed by atoms with E-state index in [0.29, 0.717) is 11.4 Å². The molecule has 0 aliphatic carbocycles. The van der Waals surface area contributed by atoms with Gasteiger partial charge >= 0.3 is 0 Å². The third kappa shape index (κ3) is 4.50. The summed E-state index contributed by atoms with van der Waals surface area (Å²) in [5.74, 6) is -0.416. The van der Waals surface area contributed by atoms with Crippen molar-refractivity contribution < 1.29 is 13.2 Å². The molecule has 1 aromatic carbocycles. The van der Waals surface area contributed by atoms with E-state index < -0.39 is 10.0 Å². The molecule has 1 rings (SSSR count). The fraction of sp³-hybridized carbons (Fsp3) is 0.462. The molecule has 0 heterocycles. The number of hydrogen-bond donors (Lipinski definition) is 3. The second-order valence-electron chi connectivity index (χ2n) is 4.66. The highest BCUT2D eigenvalue weighted by molar-refractivity contribution is 7.92. The number of rotatable bonds is 6. The van der Waals surface area contributed by atoms with Crippen LogP contribution in [0.4, 0.5) is 11.4 Å². The number of nitrogens with two attached hydrogens (primary N) is 1. The van der Waals surface area contributed by atoms with E-state index in [1.165, 1.54) is 0 Å². The molecule has 112 valence electrons. The smallest absolute Gasteiger partial charge is 0.232 e. The maximum atomic E-state index is 11.7. The molecule has 0 aliphatic heterocycles. The molecular weight excluding hydrogens is 278 g/mol. The Bertz CT molecular complexity index is 585. The van der Waals surface area contributed by atoms with E-state index in [1.807, 2.05) is 0 Å². The average molecular weight is 299 g/mol. The Labute approximate surface area is 119 Å². The van der Waals surface area contributed by atoms with Gasteiger partial charge in [-0.15, -0.1) is 0 Å². The van der Waals surface area contributed by atoms with Crippen molar-refractivity contribution in [2.45, 2.75) is 20.8 Å². The van der Waals surface area contributed by atoms with Gasteiger partial charge in [0.1, 0.15) is 0 Å². The first-order chi connectivity index (χ1) is 9.29. The Morgan fingerprint density at radius 2 is 2.05 bits per heavy atom. The van der Waals surface area contributed by atoms with Crippen molar-refractivity contribution in [2.24, 2.45) is 11.7 Å². The molecule has 0 saturated carbocycles. The van der Waals surface area contributed by atoms with Crippen LogP contribution in [0.2, 0.25) is 0 Å². The normalized spacial score (nSPS) is 12.8. The van der Waals surface area contributed by atoms with Crippen molar-refractivity contribution in [3.63, 3.8) is 0 Å². The Balaban J connectivity index is 2.86. The van der Waals surface area contributed by atoms with E-state index in [9.17, 15) is 13.2 Å². The predicted molar refractivity (Wildman–Crippen MR) is 81.1 cm³/mol. The fourth-order valence-corrected chi connectivity index (χ4v) is 2.18. The van der Waals surface area contributed by atoms with E-state index >= 15 is 0 Å². The highest BCUT2D eigenvalue weighted by Gasteiger charge is 2.12. The summed E-state index contributed by atoms with van der Waals surface area (Å²) in [5, 5.41) is 2.74. The Morgan fingerprint density at radius 3 is 2.55 bits per heavy atom. The molecule has 1 unspecified atom stereocenters.